The number of nitrogens with zero attached hydrogens (tertiary/aromatic N) is 2. The topological polar surface area (TPSA) is 49.6 Å². The lowest BCUT2D eigenvalue weighted by Gasteiger charge is -2.18. The Morgan fingerprint density at radius 2 is 2.08 bits per heavy atom. The molecule has 1 rings (SSSR count). The average Bonchev–Trinajstić information content (AvgIpc) is 2.28. The van der Waals surface area contributed by atoms with Crippen molar-refractivity contribution in [2.75, 3.05) is 34.2 Å². The molecule has 0 radical (unpaired) electrons. The van der Waals surface area contributed by atoms with E-state index >= 15 is 0 Å². The Kier molecular flexibility index (Phi) is 2.69. The standard InChI is InChI=1S/C8H17N3O/c1-10(2)8(12)6-4-11(3)5-7(6)9/h6-7H,4-5,9H2,1-3H3. The van der Waals surface area contributed by atoms with E-state index in [9.17, 15) is 4.79 Å². The summed E-state index contributed by atoms with van der Waals surface area (Å²) in [5, 5.41) is 0. The zero-order valence-corrected chi connectivity index (χ0v) is 7.95. The molecule has 0 aliphatic carbocycles. The number of amides is 1. The van der Waals surface area contributed by atoms with Crippen LogP contribution in [0.5, 0.6) is 0 Å². The van der Waals surface area contributed by atoms with Crippen LogP contribution < -0.4 is 5.73 Å². The molecule has 2 atom stereocenters. The second-order valence-corrected chi connectivity index (χ2v) is 3.72. The SMILES string of the molecule is CN1CC(N)C(C(=O)N(C)C)C1. The third-order valence-electron chi connectivity index (χ3n) is 2.31. The Labute approximate surface area is 73.3 Å². The summed E-state index contributed by atoms with van der Waals surface area (Å²) in [5.74, 6) is 0.136. The molecule has 1 aliphatic rings. The number of hydrogen-bond donors (Lipinski definition) is 1. The van der Waals surface area contributed by atoms with Crippen LogP contribution >= 0.6 is 0 Å². The van der Waals surface area contributed by atoms with E-state index in [-0.39, 0.29) is 17.9 Å². The highest BCUT2D eigenvalue weighted by molar-refractivity contribution is 5.79. The second kappa shape index (κ2) is 3.41. The summed E-state index contributed by atoms with van der Waals surface area (Å²) >= 11 is 0. The van der Waals surface area contributed by atoms with E-state index in [2.05, 4.69) is 4.90 Å². The summed E-state index contributed by atoms with van der Waals surface area (Å²) in [7, 11) is 5.53. The maximum Gasteiger partial charge on any atom is 0.228 e. The van der Waals surface area contributed by atoms with Gasteiger partial charge in [-0.2, -0.15) is 0 Å². The zero-order chi connectivity index (χ0) is 9.30. The Hall–Kier alpha value is -0.610. The van der Waals surface area contributed by atoms with Crippen molar-refractivity contribution in [1.29, 1.82) is 0 Å². The maximum absolute atomic E-state index is 11.5. The van der Waals surface area contributed by atoms with Crippen LogP contribution in [-0.4, -0.2) is 56.0 Å². The van der Waals surface area contributed by atoms with Crippen molar-refractivity contribution in [2.24, 2.45) is 11.7 Å². The lowest BCUT2D eigenvalue weighted by Crippen LogP contribution is -2.40. The van der Waals surface area contributed by atoms with Crippen LogP contribution in [0.3, 0.4) is 0 Å². The molecule has 4 nitrogen and oxygen atoms in total. The number of hydrogen-bond acceptors (Lipinski definition) is 3. The minimum atomic E-state index is -0.00926. The number of likely N-dealkylation sites (tertiary alicyclic amines) is 1. The van der Waals surface area contributed by atoms with E-state index in [1.165, 1.54) is 0 Å². The molecule has 70 valence electrons. The molecule has 1 saturated heterocycles. The van der Waals surface area contributed by atoms with Crippen molar-refractivity contribution in [3.8, 4) is 0 Å². The number of rotatable bonds is 1. The summed E-state index contributed by atoms with van der Waals surface area (Å²) in [4.78, 5) is 15.2. The molecule has 0 aromatic heterocycles. The van der Waals surface area contributed by atoms with E-state index in [1.54, 1.807) is 19.0 Å². The van der Waals surface area contributed by atoms with Gasteiger partial charge in [-0.15, -0.1) is 0 Å². The highest BCUT2D eigenvalue weighted by atomic mass is 16.2. The molecule has 1 amide bonds. The van der Waals surface area contributed by atoms with Crippen LogP contribution in [0.2, 0.25) is 0 Å². The first-order valence-corrected chi connectivity index (χ1v) is 4.17. The van der Waals surface area contributed by atoms with Crippen molar-refractivity contribution < 1.29 is 4.79 Å². The predicted molar refractivity (Wildman–Crippen MR) is 47.7 cm³/mol. The molecular weight excluding hydrogens is 154 g/mol. The molecule has 1 aliphatic heterocycles. The summed E-state index contributed by atoms with van der Waals surface area (Å²) in [5.41, 5.74) is 5.82. The molecule has 4 heteroatoms. The molecule has 0 spiro atoms. The Balaban J connectivity index is 2.58. The monoisotopic (exact) mass is 171 g/mol. The number of nitrogens with two attached hydrogens (primary N) is 1. The molecule has 0 aromatic carbocycles. The Morgan fingerprint density at radius 1 is 1.50 bits per heavy atom. The molecule has 0 saturated carbocycles. The van der Waals surface area contributed by atoms with Gasteiger partial charge in [0.15, 0.2) is 0 Å². The lowest BCUT2D eigenvalue weighted by atomic mass is 10.0. The third-order valence-corrected chi connectivity index (χ3v) is 2.31. The summed E-state index contributed by atoms with van der Waals surface area (Å²) < 4.78 is 0. The molecule has 1 fully saturated rings. The largest absolute Gasteiger partial charge is 0.348 e. The lowest BCUT2D eigenvalue weighted by molar-refractivity contribution is -0.132. The quantitative estimate of drug-likeness (QED) is 0.548. The van der Waals surface area contributed by atoms with Gasteiger partial charge < -0.3 is 15.5 Å². The number of likely N-dealkylation sites (N-methyl/N-ethyl adjacent to an activating group) is 1. The van der Waals surface area contributed by atoms with Gasteiger partial charge in [0.1, 0.15) is 0 Å². The normalized spacial score (nSPS) is 30.7. The number of carbonyl (C=O) groups is 1. The smallest absolute Gasteiger partial charge is 0.228 e. The minimum Gasteiger partial charge on any atom is -0.348 e. The molecule has 2 N–H and O–H groups in total. The Bertz CT molecular complexity index is 181. The van der Waals surface area contributed by atoms with E-state index < -0.39 is 0 Å². The van der Waals surface area contributed by atoms with Gasteiger partial charge in [0, 0.05) is 33.2 Å². The first-order valence-electron chi connectivity index (χ1n) is 4.17. The van der Waals surface area contributed by atoms with Gasteiger partial charge in [0.25, 0.3) is 0 Å². The minimum absolute atomic E-state index is 0.00454. The van der Waals surface area contributed by atoms with Crippen molar-refractivity contribution in [2.45, 2.75) is 6.04 Å². The zero-order valence-electron chi connectivity index (χ0n) is 7.95. The van der Waals surface area contributed by atoms with E-state index in [0.717, 1.165) is 13.1 Å². The molecule has 2 unspecified atom stereocenters. The first-order chi connectivity index (χ1) is 5.52. The van der Waals surface area contributed by atoms with E-state index in [1.807, 2.05) is 7.05 Å². The maximum atomic E-state index is 11.5. The molecule has 1 heterocycles. The van der Waals surface area contributed by atoms with Gasteiger partial charge in [-0.1, -0.05) is 0 Å². The fourth-order valence-electron chi connectivity index (χ4n) is 1.63. The number of carbonyl (C=O) groups excluding carboxylic acids is 1. The van der Waals surface area contributed by atoms with Crippen LogP contribution in [0.4, 0.5) is 0 Å². The molecule has 0 aromatic rings. The van der Waals surface area contributed by atoms with Gasteiger partial charge in [0.2, 0.25) is 5.91 Å². The van der Waals surface area contributed by atoms with Crippen LogP contribution in [0.25, 0.3) is 0 Å². The van der Waals surface area contributed by atoms with Crippen molar-refractivity contribution in [3.63, 3.8) is 0 Å². The second-order valence-electron chi connectivity index (χ2n) is 3.72. The third kappa shape index (κ3) is 1.76. The average molecular weight is 171 g/mol. The van der Waals surface area contributed by atoms with Crippen LogP contribution in [-0.2, 0) is 4.79 Å². The highest BCUT2D eigenvalue weighted by Gasteiger charge is 2.34. The van der Waals surface area contributed by atoms with Gasteiger partial charge in [-0.25, -0.2) is 0 Å². The Morgan fingerprint density at radius 3 is 2.42 bits per heavy atom. The van der Waals surface area contributed by atoms with Crippen LogP contribution in [0.1, 0.15) is 0 Å². The molecule has 12 heavy (non-hydrogen) atoms. The van der Waals surface area contributed by atoms with Crippen molar-refractivity contribution in [3.05, 3.63) is 0 Å². The predicted octanol–water partition coefficient (Wildman–Crippen LogP) is -1.04. The van der Waals surface area contributed by atoms with Gasteiger partial charge in [-0.05, 0) is 7.05 Å². The van der Waals surface area contributed by atoms with E-state index in [4.69, 9.17) is 5.73 Å². The summed E-state index contributed by atoms with van der Waals surface area (Å²) in [6.45, 7) is 1.61. The van der Waals surface area contributed by atoms with Crippen molar-refractivity contribution >= 4 is 5.91 Å². The van der Waals surface area contributed by atoms with Gasteiger partial charge in [-0.3, -0.25) is 4.79 Å². The highest BCUT2D eigenvalue weighted by Crippen LogP contribution is 2.14. The first kappa shape index (κ1) is 9.48. The molecular formula is C8H17N3O. The van der Waals surface area contributed by atoms with Gasteiger partial charge in [0.05, 0.1) is 5.92 Å². The fraction of sp³-hybridized carbons (Fsp3) is 0.875. The fourth-order valence-corrected chi connectivity index (χ4v) is 1.63. The summed E-state index contributed by atoms with van der Waals surface area (Å²) in [6, 6.07) is 0.00454. The van der Waals surface area contributed by atoms with Crippen molar-refractivity contribution in [1.82, 2.24) is 9.80 Å². The summed E-state index contributed by atoms with van der Waals surface area (Å²) in [6.07, 6.45) is 0. The van der Waals surface area contributed by atoms with E-state index in [0.29, 0.717) is 0 Å². The molecule has 0 bridgehead atoms. The van der Waals surface area contributed by atoms with Crippen LogP contribution in [0.15, 0.2) is 0 Å². The van der Waals surface area contributed by atoms with Gasteiger partial charge >= 0.3 is 0 Å². The van der Waals surface area contributed by atoms with Crippen LogP contribution in [0, 0.1) is 5.92 Å².